The fraction of sp³-hybridized carbons (Fsp3) is 0.462. The number of hydrogen-bond acceptors (Lipinski definition) is 3. The predicted octanol–water partition coefficient (Wildman–Crippen LogP) is 1.50. The Morgan fingerprint density at radius 2 is 1.95 bits per heavy atom. The van der Waals surface area contributed by atoms with Crippen LogP contribution in [0.15, 0.2) is 24.3 Å². The van der Waals surface area contributed by atoms with Crippen LogP contribution < -0.4 is 4.72 Å². The molecular weight excluding hydrogens is 285 g/mol. The highest BCUT2D eigenvalue weighted by molar-refractivity contribution is 7.88. The van der Waals surface area contributed by atoms with Crippen molar-refractivity contribution in [1.29, 1.82) is 0 Å². The van der Waals surface area contributed by atoms with Crippen LogP contribution in [-0.2, 0) is 20.6 Å². The van der Waals surface area contributed by atoms with Crippen molar-refractivity contribution in [2.24, 2.45) is 5.92 Å². The average molecular weight is 301 g/mol. The molecule has 0 radical (unpaired) electrons. The molecule has 110 valence electrons. The van der Waals surface area contributed by atoms with Crippen LogP contribution in [0.4, 0.5) is 4.39 Å². The Morgan fingerprint density at radius 1 is 1.30 bits per heavy atom. The van der Waals surface area contributed by atoms with Crippen LogP contribution in [0, 0.1) is 11.7 Å². The summed E-state index contributed by atoms with van der Waals surface area (Å²) in [5.41, 5.74) is 0.492. The summed E-state index contributed by atoms with van der Waals surface area (Å²) in [6, 6.07) is 4.93. The van der Waals surface area contributed by atoms with Crippen LogP contribution in [0.1, 0.15) is 24.8 Å². The second kappa shape index (κ2) is 5.88. The van der Waals surface area contributed by atoms with E-state index in [0.717, 1.165) is 0 Å². The van der Waals surface area contributed by atoms with Crippen LogP contribution in [0.3, 0.4) is 0 Å². The molecule has 1 aromatic carbocycles. The molecule has 0 spiro atoms. The first-order valence-corrected chi connectivity index (χ1v) is 7.98. The topological polar surface area (TPSA) is 83.5 Å². The van der Waals surface area contributed by atoms with Crippen molar-refractivity contribution in [2.75, 3.05) is 0 Å². The number of sulfonamides is 1. The van der Waals surface area contributed by atoms with Crippen LogP contribution in [0.25, 0.3) is 0 Å². The maximum Gasteiger partial charge on any atom is 0.306 e. The number of benzene rings is 1. The molecule has 0 aliphatic heterocycles. The van der Waals surface area contributed by atoms with Gasteiger partial charge in [-0.05, 0) is 37.0 Å². The van der Waals surface area contributed by atoms with Gasteiger partial charge >= 0.3 is 5.97 Å². The Balaban J connectivity index is 1.95. The second-order valence-electron chi connectivity index (χ2n) is 5.05. The van der Waals surface area contributed by atoms with Crippen molar-refractivity contribution >= 4 is 16.0 Å². The standard InChI is InChI=1S/C13H16FNO4S/c14-11-4-1-9(2-5-11)8-20(18,19)15-12-6-3-10(7-12)13(16)17/h1-2,4-5,10,12,15H,3,6-8H2,(H,16,17). The molecule has 1 fully saturated rings. The molecule has 0 heterocycles. The first-order chi connectivity index (χ1) is 9.35. The van der Waals surface area contributed by atoms with E-state index >= 15 is 0 Å². The number of carboxylic acids is 1. The summed E-state index contributed by atoms with van der Waals surface area (Å²) in [5, 5.41) is 8.88. The number of halogens is 1. The Bertz CT molecular complexity index is 585. The summed E-state index contributed by atoms with van der Waals surface area (Å²) in [6.07, 6.45) is 1.33. The van der Waals surface area contributed by atoms with Crippen molar-refractivity contribution < 1.29 is 22.7 Å². The molecule has 0 saturated heterocycles. The van der Waals surface area contributed by atoms with E-state index in [1.54, 1.807) is 0 Å². The third-order valence-corrected chi connectivity index (χ3v) is 4.80. The first-order valence-electron chi connectivity index (χ1n) is 6.33. The zero-order valence-corrected chi connectivity index (χ0v) is 11.6. The van der Waals surface area contributed by atoms with Gasteiger partial charge < -0.3 is 5.11 Å². The Morgan fingerprint density at radius 3 is 2.50 bits per heavy atom. The third kappa shape index (κ3) is 4.01. The van der Waals surface area contributed by atoms with E-state index < -0.39 is 27.7 Å². The number of nitrogens with one attached hydrogen (secondary N) is 1. The van der Waals surface area contributed by atoms with Crippen LogP contribution in [-0.4, -0.2) is 25.5 Å². The number of carbonyl (C=O) groups is 1. The Hall–Kier alpha value is -1.47. The first kappa shape index (κ1) is 14.9. The SMILES string of the molecule is O=C(O)C1CCC(NS(=O)(=O)Cc2ccc(F)cc2)C1. The van der Waals surface area contributed by atoms with E-state index in [4.69, 9.17) is 5.11 Å². The van der Waals surface area contributed by atoms with Gasteiger partial charge in [0.2, 0.25) is 10.0 Å². The van der Waals surface area contributed by atoms with E-state index in [9.17, 15) is 17.6 Å². The maximum atomic E-state index is 12.7. The molecule has 2 N–H and O–H groups in total. The van der Waals surface area contributed by atoms with Gasteiger partial charge in [-0.1, -0.05) is 12.1 Å². The Kier molecular flexibility index (Phi) is 4.39. The summed E-state index contributed by atoms with van der Waals surface area (Å²) < 4.78 is 39.2. The minimum atomic E-state index is -3.55. The summed E-state index contributed by atoms with van der Waals surface area (Å²) in [7, 11) is -3.55. The molecule has 1 aliphatic carbocycles. The van der Waals surface area contributed by atoms with E-state index in [1.807, 2.05) is 0 Å². The normalized spacial score (nSPS) is 22.9. The smallest absolute Gasteiger partial charge is 0.306 e. The quantitative estimate of drug-likeness (QED) is 0.863. The minimum absolute atomic E-state index is 0.235. The van der Waals surface area contributed by atoms with Gasteiger partial charge in [-0.2, -0.15) is 0 Å². The summed E-state index contributed by atoms with van der Waals surface area (Å²) in [5.74, 6) is -2.01. The second-order valence-corrected chi connectivity index (χ2v) is 6.80. The molecule has 1 saturated carbocycles. The van der Waals surface area contributed by atoms with Gasteiger partial charge in [0.15, 0.2) is 0 Å². The minimum Gasteiger partial charge on any atom is -0.481 e. The highest BCUT2D eigenvalue weighted by atomic mass is 32.2. The number of hydrogen-bond donors (Lipinski definition) is 2. The fourth-order valence-electron chi connectivity index (χ4n) is 2.41. The largest absolute Gasteiger partial charge is 0.481 e. The molecule has 0 bridgehead atoms. The molecule has 7 heteroatoms. The van der Waals surface area contributed by atoms with Crippen LogP contribution in [0.5, 0.6) is 0 Å². The Labute approximate surface area is 116 Å². The van der Waals surface area contributed by atoms with Gasteiger partial charge in [0.1, 0.15) is 5.82 Å². The predicted molar refractivity (Wildman–Crippen MR) is 70.9 cm³/mol. The molecule has 0 aromatic heterocycles. The van der Waals surface area contributed by atoms with Gasteiger partial charge in [-0.3, -0.25) is 4.79 Å². The molecule has 2 atom stereocenters. The van der Waals surface area contributed by atoms with Gasteiger partial charge in [-0.25, -0.2) is 17.5 Å². The zero-order chi connectivity index (χ0) is 14.8. The molecule has 0 amide bonds. The lowest BCUT2D eigenvalue weighted by Crippen LogP contribution is -2.34. The molecule has 5 nitrogen and oxygen atoms in total. The highest BCUT2D eigenvalue weighted by Gasteiger charge is 2.31. The molecule has 2 rings (SSSR count). The lowest BCUT2D eigenvalue weighted by molar-refractivity contribution is -0.141. The van der Waals surface area contributed by atoms with Gasteiger partial charge in [0, 0.05) is 6.04 Å². The highest BCUT2D eigenvalue weighted by Crippen LogP contribution is 2.26. The van der Waals surface area contributed by atoms with E-state index in [1.165, 1.54) is 24.3 Å². The van der Waals surface area contributed by atoms with E-state index in [-0.39, 0.29) is 11.8 Å². The summed E-state index contributed by atoms with van der Waals surface area (Å²) >= 11 is 0. The van der Waals surface area contributed by atoms with Crippen molar-refractivity contribution in [2.45, 2.75) is 31.1 Å². The average Bonchev–Trinajstić information content (AvgIpc) is 2.79. The third-order valence-electron chi connectivity index (χ3n) is 3.40. The lowest BCUT2D eigenvalue weighted by Gasteiger charge is -2.13. The number of aliphatic carboxylic acids is 1. The van der Waals surface area contributed by atoms with Crippen molar-refractivity contribution in [3.05, 3.63) is 35.6 Å². The van der Waals surface area contributed by atoms with Crippen molar-refractivity contribution in [1.82, 2.24) is 4.72 Å². The van der Waals surface area contributed by atoms with Crippen molar-refractivity contribution in [3.63, 3.8) is 0 Å². The van der Waals surface area contributed by atoms with Crippen LogP contribution >= 0.6 is 0 Å². The number of rotatable bonds is 5. The van der Waals surface area contributed by atoms with Crippen LogP contribution in [0.2, 0.25) is 0 Å². The fourth-order valence-corrected chi connectivity index (χ4v) is 3.85. The van der Waals surface area contributed by atoms with E-state index in [2.05, 4.69) is 4.72 Å². The lowest BCUT2D eigenvalue weighted by atomic mass is 10.1. The molecule has 1 aliphatic rings. The summed E-state index contributed by atoms with van der Waals surface area (Å²) in [4.78, 5) is 10.8. The van der Waals surface area contributed by atoms with Gasteiger partial charge in [0.05, 0.1) is 11.7 Å². The molecule has 1 aromatic rings. The molecule has 20 heavy (non-hydrogen) atoms. The number of carboxylic acid groups (broad SMARTS) is 1. The zero-order valence-electron chi connectivity index (χ0n) is 10.8. The monoisotopic (exact) mass is 301 g/mol. The van der Waals surface area contributed by atoms with Gasteiger partial charge in [-0.15, -0.1) is 0 Å². The molecule has 2 unspecified atom stereocenters. The van der Waals surface area contributed by atoms with Crippen molar-refractivity contribution in [3.8, 4) is 0 Å². The summed E-state index contributed by atoms with van der Waals surface area (Å²) in [6.45, 7) is 0. The maximum absolute atomic E-state index is 12.7. The molecular formula is C13H16FNO4S. The van der Waals surface area contributed by atoms with E-state index in [0.29, 0.717) is 24.8 Å². The van der Waals surface area contributed by atoms with Gasteiger partial charge in [0.25, 0.3) is 0 Å².